The molecule has 0 aromatic rings. The van der Waals surface area contributed by atoms with E-state index in [1.807, 2.05) is 0 Å². The van der Waals surface area contributed by atoms with Crippen molar-refractivity contribution in [2.24, 2.45) is 11.3 Å². The number of nitrogens with zero attached hydrogens (tertiary/aromatic N) is 1. The Morgan fingerprint density at radius 3 is 2.40 bits per heavy atom. The molecule has 0 aliphatic carbocycles. The SMILES string of the molecule is CC[C@H]1C[C@H](C(C)(C)C)CCN1C(C)=O. The van der Waals surface area contributed by atoms with Crippen molar-refractivity contribution in [3.05, 3.63) is 0 Å². The van der Waals surface area contributed by atoms with Gasteiger partial charge in [-0.25, -0.2) is 0 Å². The van der Waals surface area contributed by atoms with Crippen molar-refractivity contribution < 1.29 is 4.79 Å². The fourth-order valence-corrected chi connectivity index (χ4v) is 2.64. The standard InChI is InChI=1S/C13H25NO/c1-6-12-9-11(13(3,4)5)7-8-14(12)10(2)15/h11-12H,6-9H2,1-5H3/t11-,12+/m1/s1. The number of amides is 1. The number of hydrogen-bond acceptors (Lipinski definition) is 1. The minimum absolute atomic E-state index is 0.245. The summed E-state index contributed by atoms with van der Waals surface area (Å²) in [5.74, 6) is 1.01. The molecule has 1 aliphatic rings. The number of rotatable bonds is 1. The van der Waals surface area contributed by atoms with Gasteiger partial charge < -0.3 is 4.90 Å². The lowest BCUT2D eigenvalue weighted by Gasteiger charge is -2.43. The largest absolute Gasteiger partial charge is 0.340 e. The molecular weight excluding hydrogens is 186 g/mol. The first kappa shape index (κ1) is 12.5. The summed E-state index contributed by atoms with van der Waals surface area (Å²) in [4.78, 5) is 13.5. The third-order valence-corrected chi connectivity index (χ3v) is 3.82. The molecule has 88 valence electrons. The molecule has 1 fully saturated rings. The first-order valence-corrected chi connectivity index (χ1v) is 6.13. The number of hydrogen-bond donors (Lipinski definition) is 0. The minimum atomic E-state index is 0.245. The molecule has 2 heteroatoms. The van der Waals surface area contributed by atoms with Crippen molar-refractivity contribution in [3.63, 3.8) is 0 Å². The van der Waals surface area contributed by atoms with Crippen LogP contribution in [0.4, 0.5) is 0 Å². The molecule has 1 heterocycles. The summed E-state index contributed by atoms with van der Waals surface area (Å²) in [6, 6.07) is 0.473. The van der Waals surface area contributed by atoms with Crippen LogP contribution in [0.15, 0.2) is 0 Å². The Hall–Kier alpha value is -0.530. The molecule has 2 nitrogen and oxygen atoms in total. The smallest absolute Gasteiger partial charge is 0.219 e. The highest BCUT2D eigenvalue weighted by Crippen LogP contribution is 2.37. The highest BCUT2D eigenvalue weighted by molar-refractivity contribution is 5.73. The molecule has 0 spiro atoms. The van der Waals surface area contributed by atoms with E-state index in [-0.39, 0.29) is 5.91 Å². The quantitative estimate of drug-likeness (QED) is 0.652. The zero-order valence-electron chi connectivity index (χ0n) is 10.8. The van der Waals surface area contributed by atoms with Crippen LogP contribution < -0.4 is 0 Å². The molecule has 15 heavy (non-hydrogen) atoms. The molecule has 0 unspecified atom stereocenters. The third-order valence-electron chi connectivity index (χ3n) is 3.82. The molecule has 0 aromatic carbocycles. The van der Waals surface area contributed by atoms with Gasteiger partial charge in [-0.2, -0.15) is 0 Å². The van der Waals surface area contributed by atoms with Crippen molar-refractivity contribution in [2.45, 2.75) is 59.9 Å². The Bertz CT molecular complexity index is 229. The Kier molecular flexibility index (Phi) is 3.80. The molecule has 1 aliphatic heterocycles. The number of likely N-dealkylation sites (tertiary alicyclic amines) is 1. The minimum Gasteiger partial charge on any atom is -0.340 e. The zero-order chi connectivity index (χ0) is 11.6. The van der Waals surface area contributed by atoms with Gasteiger partial charge in [0.2, 0.25) is 5.91 Å². The second-order valence-corrected chi connectivity index (χ2v) is 5.86. The topological polar surface area (TPSA) is 20.3 Å². The Morgan fingerprint density at radius 2 is 2.00 bits per heavy atom. The van der Waals surface area contributed by atoms with Crippen molar-refractivity contribution in [3.8, 4) is 0 Å². The molecule has 1 saturated heterocycles. The molecule has 0 bridgehead atoms. The number of carbonyl (C=O) groups excluding carboxylic acids is 1. The second kappa shape index (κ2) is 4.54. The van der Waals surface area contributed by atoms with Crippen LogP contribution in [0.3, 0.4) is 0 Å². The van der Waals surface area contributed by atoms with E-state index < -0.39 is 0 Å². The Labute approximate surface area is 94.0 Å². The third kappa shape index (κ3) is 2.96. The Morgan fingerprint density at radius 1 is 1.40 bits per heavy atom. The van der Waals surface area contributed by atoms with Gasteiger partial charge in [0.05, 0.1) is 0 Å². The van der Waals surface area contributed by atoms with Crippen LogP contribution in [-0.2, 0) is 4.79 Å². The fraction of sp³-hybridized carbons (Fsp3) is 0.923. The van der Waals surface area contributed by atoms with E-state index in [9.17, 15) is 4.79 Å². The number of carbonyl (C=O) groups is 1. The maximum absolute atomic E-state index is 11.5. The average Bonchev–Trinajstić information content (AvgIpc) is 2.15. The van der Waals surface area contributed by atoms with Gasteiger partial charge in [0.1, 0.15) is 0 Å². The highest BCUT2D eigenvalue weighted by atomic mass is 16.2. The summed E-state index contributed by atoms with van der Waals surface area (Å²) in [6.07, 6.45) is 3.44. The molecule has 0 aromatic heterocycles. The van der Waals surface area contributed by atoms with Crippen LogP contribution in [0, 0.1) is 11.3 Å². The number of piperidine rings is 1. The molecule has 1 rings (SSSR count). The molecule has 2 atom stereocenters. The highest BCUT2D eigenvalue weighted by Gasteiger charge is 2.34. The van der Waals surface area contributed by atoms with Crippen molar-refractivity contribution in [2.75, 3.05) is 6.54 Å². The van der Waals surface area contributed by atoms with Crippen LogP contribution >= 0.6 is 0 Å². The van der Waals surface area contributed by atoms with E-state index in [1.54, 1.807) is 6.92 Å². The lowest BCUT2D eigenvalue weighted by atomic mass is 9.73. The van der Waals surface area contributed by atoms with E-state index in [0.717, 1.165) is 18.9 Å². The summed E-state index contributed by atoms with van der Waals surface area (Å²) in [5.41, 5.74) is 0.385. The van der Waals surface area contributed by atoms with Gasteiger partial charge in [0, 0.05) is 19.5 Å². The van der Waals surface area contributed by atoms with Gasteiger partial charge in [-0.1, -0.05) is 27.7 Å². The maximum Gasteiger partial charge on any atom is 0.219 e. The summed E-state index contributed by atoms with van der Waals surface area (Å²) in [7, 11) is 0. The molecule has 0 N–H and O–H groups in total. The van der Waals surface area contributed by atoms with Gasteiger partial charge in [0.15, 0.2) is 0 Å². The van der Waals surface area contributed by atoms with Crippen molar-refractivity contribution >= 4 is 5.91 Å². The lowest BCUT2D eigenvalue weighted by molar-refractivity contribution is -0.134. The lowest BCUT2D eigenvalue weighted by Crippen LogP contribution is -2.47. The van der Waals surface area contributed by atoms with Gasteiger partial charge in [-0.15, -0.1) is 0 Å². The van der Waals surface area contributed by atoms with Crippen LogP contribution in [0.2, 0.25) is 0 Å². The van der Waals surface area contributed by atoms with Crippen LogP contribution in [0.5, 0.6) is 0 Å². The van der Waals surface area contributed by atoms with Gasteiger partial charge in [0.25, 0.3) is 0 Å². The Balaban J connectivity index is 2.67. The predicted octanol–water partition coefficient (Wildman–Crippen LogP) is 3.07. The maximum atomic E-state index is 11.5. The van der Waals surface area contributed by atoms with Crippen LogP contribution in [0.1, 0.15) is 53.9 Å². The monoisotopic (exact) mass is 211 g/mol. The van der Waals surface area contributed by atoms with E-state index in [0.29, 0.717) is 11.5 Å². The molecular formula is C13H25NO. The summed E-state index contributed by atoms with van der Waals surface area (Å²) in [5, 5.41) is 0. The first-order valence-electron chi connectivity index (χ1n) is 6.13. The molecule has 0 radical (unpaired) electrons. The fourth-order valence-electron chi connectivity index (χ4n) is 2.64. The second-order valence-electron chi connectivity index (χ2n) is 5.86. The zero-order valence-corrected chi connectivity index (χ0v) is 10.8. The van der Waals surface area contributed by atoms with Crippen molar-refractivity contribution in [1.29, 1.82) is 0 Å². The van der Waals surface area contributed by atoms with E-state index in [2.05, 4.69) is 32.6 Å². The normalized spacial score (nSPS) is 27.9. The van der Waals surface area contributed by atoms with E-state index >= 15 is 0 Å². The molecule has 1 amide bonds. The average molecular weight is 211 g/mol. The first-order chi connectivity index (χ1) is 6.86. The summed E-state index contributed by atoms with van der Waals surface area (Å²) in [6.45, 7) is 11.8. The predicted molar refractivity (Wildman–Crippen MR) is 63.6 cm³/mol. The van der Waals surface area contributed by atoms with Crippen molar-refractivity contribution in [1.82, 2.24) is 4.90 Å². The van der Waals surface area contributed by atoms with E-state index in [1.165, 1.54) is 12.8 Å². The van der Waals surface area contributed by atoms with Crippen LogP contribution in [0.25, 0.3) is 0 Å². The van der Waals surface area contributed by atoms with E-state index in [4.69, 9.17) is 0 Å². The van der Waals surface area contributed by atoms with Crippen LogP contribution in [-0.4, -0.2) is 23.4 Å². The molecule has 0 saturated carbocycles. The van der Waals surface area contributed by atoms with Gasteiger partial charge in [-0.05, 0) is 30.6 Å². The van der Waals surface area contributed by atoms with Gasteiger partial charge >= 0.3 is 0 Å². The summed E-state index contributed by atoms with van der Waals surface area (Å²) >= 11 is 0. The summed E-state index contributed by atoms with van der Waals surface area (Å²) < 4.78 is 0. The van der Waals surface area contributed by atoms with Gasteiger partial charge in [-0.3, -0.25) is 4.79 Å².